The predicted molar refractivity (Wildman–Crippen MR) is 209 cm³/mol. The fourth-order valence-electron chi connectivity index (χ4n) is 8.67. The van der Waals surface area contributed by atoms with Crippen molar-refractivity contribution < 1.29 is 0 Å². The first kappa shape index (κ1) is 27.4. The molecule has 0 amide bonds. The third-order valence-electron chi connectivity index (χ3n) is 10.7. The lowest BCUT2D eigenvalue weighted by Crippen LogP contribution is -2.34. The minimum absolute atomic E-state index is 0.194. The summed E-state index contributed by atoms with van der Waals surface area (Å²) in [5, 5.41) is 7.66. The Morgan fingerprint density at radius 1 is 0.340 bits per heavy atom. The molecule has 3 heterocycles. The van der Waals surface area contributed by atoms with Crippen LogP contribution in [0.2, 0.25) is 0 Å². The summed E-state index contributed by atoms with van der Waals surface area (Å²) in [6, 6.07) is 66.6. The summed E-state index contributed by atoms with van der Waals surface area (Å²) in [5.74, 6) is 0. The highest BCUT2D eigenvalue weighted by Crippen LogP contribution is 2.52. The highest BCUT2D eigenvalue weighted by Gasteiger charge is 2.36. The Morgan fingerprint density at radius 2 is 0.780 bits per heavy atom. The minimum Gasteiger partial charge on any atom is -0.329 e. The van der Waals surface area contributed by atoms with Crippen LogP contribution in [0.15, 0.2) is 182 Å². The molecule has 0 saturated carbocycles. The molecule has 1 aliphatic rings. The van der Waals surface area contributed by atoms with Crippen LogP contribution >= 0.6 is 0 Å². The van der Waals surface area contributed by atoms with Crippen LogP contribution in [-0.2, 0) is 0 Å². The Morgan fingerprint density at radius 3 is 1.38 bits per heavy atom. The van der Waals surface area contributed by atoms with Gasteiger partial charge < -0.3 is 14.0 Å². The average molecular weight is 638 g/mol. The summed E-state index contributed by atoms with van der Waals surface area (Å²) in [6.45, 7) is 0. The van der Waals surface area contributed by atoms with Crippen molar-refractivity contribution in [3.8, 4) is 11.4 Å². The van der Waals surface area contributed by atoms with Crippen molar-refractivity contribution in [3.63, 3.8) is 0 Å². The number of hydrogen-bond donors (Lipinski definition) is 0. The summed E-state index contributed by atoms with van der Waals surface area (Å²) in [6.07, 6.45) is 0. The van der Waals surface area contributed by atoms with Gasteiger partial charge in [-0.25, -0.2) is 0 Å². The number of nitrogens with zero attached hydrogens (tertiary/aromatic N) is 3. The van der Waals surface area contributed by atoms with Gasteiger partial charge in [-0.05, 0) is 70.9 Å². The van der Waals surface area contributed by atoms with E-state index in [1.165, 1.54) is 76.9 Å². The fraction of sp³-hybridized carbons (Fsp3) is 0.0213. The second kappa shape index (κ2) is 10.5. The summed E-state index contributed by atoms with van der Waals surface area (Å²) < 4.78 is 4.98. The molecule has 234 valence electrons. The number of anilines is 2. The van der Waals surface area contributed by atoms with E-state index in [2.05, 4.69) is 196 Å². The normalized spacial score (nSPS) is 14.2. The maximum atomic E-state index is 2.50. The monoisotopic (exact) mass is 637 g/mol. The Hall–Kier alpha value is -6.58. The molecular weight excluding hydrogens is 607 g/mol. The molecule has 0 aliphatic carbocycles. The largest absolute Gasteiger partial charge is 0.329 e. The molecule has 2 aromatic heterocycles. The van der Waals surface area contributed by atoms with Crippen LogP contribution < -0.4 is 4.90 Å². The Balaban J connectivity index is 1.22. The van der Waals surface area contributed by atoms with Gasteiger partial charge in [0, 0.05) is 49.9 Å². The van der Waals surface area contributed by atoms with Gasteiger partial charge in [0.2, 0.25) is 0 Å². The van der Waals surface area contributed by atoms with Crippen molar-refractivity contribution in [2.45, 2.75) is 6.04 Å². The van der Waals surface area contributed by atoms with E-state index in [0.29, 0.717) is 0 Å². The van der Waals surface area contributed by atoms with Gasteiger partial charge in [-0.2, -0.15) is 0 Å². The van der Waals surface area contributed by atoms with E-state index in [1.54, 1.807) is 0 Å². The number of para-hydroxylation sites is 4. The lowest BCUT2D eigenvalue weighted by Gasteiger charge is -2.45. The molecule has 0 saturated heterocycles. The fourth-order valence-corrected chi connectivity index (χ4v) is 8.67. The van der Waals surface area contributed by atoms with E-state index in [1.807, 2.05) is 0 Å². The molecule has 3 heteroatoms. The summed E-state index contributed by atoms with van der Waals surface area (Å²) in [4.78, 5) is 2.47. The van der Waals surface area contributed by atoms with Gasteiger partial charge in [0.15, 0.2) is 0 Å². The van der Waals surface area contributed by atoms with E-state index in [4.69, 9.17) is 0 Å². The van der Waals surface area contributed by atoms with Crippen molar-refractivity contribution >= 4 is 65.8 Å². The zero-order valence-electron chi connectivity index (χ0n) is 27.2. The van der Waals surface area contributed by atoms with Crippen molar-refractivity contribution in [2.24, 2.45) is 0 Å². The van der Waals surface area contributed by atoms with Crippen LogP contribution in [0, 0.1) is 0 Å². The molecule has 8 aromatic carbocycles. The molecule has 0 spiro atoms. The van der Waals surface area contributed by atoms with Crippen LogP contribution in [0.25, 0.3) is 65.8 Å². The van der Waals surface area contributed by atoms with Gasteiger partial charge in [-0.1, -0.05) is 127 Å². The highest BCUT2D eigenvalue weighted by atomic mass is 15.2. The molecular formula is C47H31N3. The Labute approximate surface area is 289 Å². The Bertz CT molecular complexity index is 2920. The van der Waals surface area contributed by atoms with Crippen LogP contribution in [0.5, 0.6) is 0 Å². The topological polar surface area (TPSA) is 13.1 Å². The van der Waals surface area contributed by atoms with Crippen LogP contribution in [0.1, 0.15) is 17.2 Å². The molecule has 1 atom stereocenters. The average Bonchev–Trinajstić information content (AvgIpc) is 3.71. The molecule has 0 fully saturated rings. The van der Waals surface area contributed by atoms with E-state index < -0.39 is 0 Å². The number of benzene rings is 8. The first-order valence-corrected chi connectivity index (χ1v) is 17.3. The first-order valence-electron chi connectivity index (χ1n) is 17.3. The summed E-state index contributed by atoms with van der Waals surface area (Å²) >= 11 is 0. The first-order chi connectivity index (χ1) is 24.9. The van der Waals surface area contributed by atoms with Gasteiger partial charge >= 0.3 is 0 Å². The third-order valence-corrected chi connectivity index (χ3v) is 10.7. The van der Waals surface area contributed by atoms with E-state index in [9.17, 15) is 0 Å². The molecule has 0 N–H and O–H groups in total. The SMILES string of the molecule is c1ccc(C2c3ccccc3N2c2ccc(-n3c4ccccc4c4c5ccccc5c5c6ccccc6n(-c6ccccc6)c5c43)cc2)cc1. The van der Waals surface area contributed by atoms with E-state index >= 15 is 0 Å². The molecule has 0 radical (unpaired) electrons. The zero-order chi connectivity index (χ0) is 32.8. The van der Waals surface area contributed by atoms with Crippen molar-refractivity contribution in [1.82, 2.24) is 9.13 Å². The van der Waals surface area contributed by atoms with Crippen LogP contribution in [0.4, 0.5) is 11.4 Å². The van der Waals surface area contributed by atoms with Gasteiger partial charge in [-0.3, -0.25) is 0 Å². The lowest BCUT2D eigenvalue weighted by atomic mass is 9.87. The lowest BCUT2D eigenvalue weighted by molar-refractivity contribution is 0.746. The predicted octanol–water partition coefficient (Wildman–Crippen LogP) is 12.3. The molecule has 1 aliphatic heterocycles. The molecule has 50 heavy (non-hydrogen) atoms. The van der Waals surface area contributed by atoms with Crippen molar-refractivity contribution in [1.29, 1.82) is 0 Å². The number of hydrogen-bond acceptors (Lipinski definition) is 1. The second-order valence-electron chi connectivity index (χ2n) is 13.3. The number of fused-ring (bicyclic) bond motifs is 11. The number of rotatable bonds is 4. The van der Waals surface area contributed by atoms with E-state index in [0.717, 1.165) is 11.4 Å². The van der Waals surface area contributed by atoms with Crippen LogP contribution in [0.3, 0.4) is 0 Å². The maximum Gasteiger partial charge on any atom is 0.0865 e. The van der Waals surface area contributed by atoms with Crippen molar-refractivity contribution in [3.05, 3.63) is 193 Å². The molecule has 3 nitrogen and oxygen atoms in total. The van der Waals surface area contributed by atoms with Crippen LogP contribution in [-0.4, -0.2) is 9.13 Å². The molecule has 10 aromatic rings. The zero-order valence-corrected chi connectivity index (χ0v) is 27.2. The third kappa shape index (κ3) is 3.69. The standard InChI is InChI=1S/C47H31N3/c1-3-15-31(16-4-1)45-39-23-11-14-26-42(39)48(45)33-27-29-34(30-28-33)50-41-25-13-10-22-38(41)44-36-20-8-7-19-35(36)43-37-21-9-12-24-40(37)49(46(43)47(44)50)32-17-5-2-6-18-32/h1-30,45H. The minimum atomic E-state index is 0.194. The molecule has 1 unspecified atom stereocenters. The van der Waals surface area contributed by atoms with Crippen molar-refractivity contribution in [2.75, 3.05) is 4.90 Å². The van der Waals surface area contributed by atoms with Gasteiger partial charge in [0.25, 0.3) is 0 Å². The van der Waals surface area contributed by atoms with Gasteiger partial charge in [0.1, 0.15) is 0 Å². The summed E-state index contributed by atoms with van der Waals surface area (Å²) in [5.41, 5.74) is 12.3. The molecule has 11 rings (SSSR count). The molecule has 0 bridgehead atoms. The highest BCUT2D eigenvalue weighted by molar-refractivity contribution is 6.36. The quantitative estimate of drug-likeness (QED) is 0.187. The smallest absolute Gasteiger partial charge is 0.0865 e. The second-order valence-corrected chi connectivity index (χ2v) is 13.3. The number of aromatic nitrogens is 2. The van der Waals surface area contributed by atoms with E-state index in [-0.39, 0.29) is 6.04 Å². The van der Waals surface area contributed by atoms with Gasteiger partial charge in [-0.15, -0.1) is 0 Å². The maximum absolute atomic E-state index is 2.50. The Kier molecular flexibility index (Phi) is 5.73. The summed E-state index contributed by atoms with van der Waals surface area (Å²) in [7, 11) is 0. The van der Waals surface area contributed by atoms with Gasteiger partial charge in [0.05, 0.1) is 28.1 Å².